The zero-order valence-electron chi connectivity index (χ0n) is 15.1. The van der Waals surface area contributed by atoms with Gasteiger partial charge in [0.15, 0.2) is 0 Å². The van der Waals surface area contributed by atoms with E-state index in [0.717, 1.165) is 57.8 Å². The number of hydrogen-bond donors (Lipinski definition) is 0. The lowest BCUT2D eigenvalue weighted by Gasteiger charge is -2.37. The molecule has 5 nitrogen and oxygen atoms in total. The van der Waals surface area contributed by atoms with Crippen molar-refractivity contribution in [1.82, 2.24) is 9.80 Å². The van der Waals surface area contributed by atoms with Gasteiger partial charge in [-0.3, -0.25) is 4.79 Å². The predicted octanol–water partition coefficient (Wildman–Crippen LogP) is 3.28. The minimum atomic E-state index is -0.418. The van der Waals surface area contributed by atoms with E-state index in [1.54, 1.807) is 6.92 Å². The quantitative estimate of drug-likeness (QED) is 0.783. The van der Waals surface area contributed by atoms with Gasteiger partial charge in [0.1, 0.15) is 5.60 Å². The molecule has 0 bridgehead atoms. The van der Waals surface area contributed by atoms with Crippen LogP contribution < -0.4 is 0 Å². The van der Waals surface area contributed by atoms with E-state index in [9.17, 15) is 9.59 Å². The molecule has 5 heteroatoms. The predicted molar refractivity (Wildman–Crippen MR) is 90.1 cm³/mol. The third kappa shape index (κ3) is 5.70. The molecule has 0 aliphatic carbocycles. The highest BCUT2D eigenvalue weighted by Crippen LogP contribution is 2.30. The van der Waals surface area contributed by atoms with Gasteiger partial charge in [0.05, 0.1) is 0 Å². The first-order valence-corrected chi connectivity index (χ1v) is 8.98. The molecule has 0 unspecified atom stereocenters. The zero-order chi connectivity index (χ0) is 17.0. The first kappa shape index (κ1) is 18.1. The molecule has 0 aromatic carbocycles. The normalized spacial score (nSPS) is 21.4. The molecule has 0 N–H and O–H groups in total. The maximum Gasteiger partial charge on any atom is 0.410 e. The molecule has 2 fully saturated rings. The van der Waals surface area contributed by atoms with Crippen LogP contribution in [0, 0.1) is 11.8 Å². The maximum atomic E-state index is 12.1. The molecule has 0 aromatic heterocycles. The van der Waals surface area contributed by atoms with Crippen LogP contribution in [0.25, 0.3) is 0 Å². The number of carbonyl (C=O) groups excluding carboxylic acids is 2. The van der Waals surface area contributed by atoms with E-state index in [1.807, 2.05) is 30.6 Å². The van der Waals surface area contributed by atoms with Crippen LogP contribution in [0.2, 0.25) is 0 Å². The number of carbonyl (C=O) groups is 2. The molecule has 23 heavy (non-hydrogen) atoms. The summed E-state index contributed by atoms with van der Waals surface area (Å²) in [6.07, 6.45) is 5.48. The van der Waals surface area contributed by atoms with Crippen LogP contribution in [0.4, 0.5) is 4.79 Å². The van der Waals surface area contributed by atoms with Crippen LogP contribution in [-0.4, -0.2) is 53.6 Å². The fourth-order valence-electron chi connectivity index (χ4n) is 3.63. The van der Waals surface area contributed by atoms with E-state index in [2.05, 4.69) is 0 Å². The van der Waals surface area contributed by atoms with E-state index >= 15 is 0 Å². The Morgan fingerprint density at radius 2 is 1.35 bits per heavy atom. The van der Waals surface area contributed by atoms with Crippen LogP contribution in [0.3, 0.4) is 0 Å². The molecule has 0 saturated carbocycles. The summed E-state index contributed by atoms with van der Waals surface area (Å²) in [5, 5.41) is 0. The third-order valence-corrected chi connectivity index (χ3v) is 4.99. The van der Waals surface area contributed by atoms with E-state index in [4.69, 9.17) is 4.74 Å². The van der Waals surface area contributed by atoms with Gasteiger partial charge in [0.25, 0.3) is 0 Å². The van der Waals surface area contributed by atoms with E-state index < -0.39 is 5.60 Å². The Hall–Kier alpha value is -1.26. The van der Waals surface area contributed by atoms with Gasteiger partial charge in [-0.15, -0.1) is 0 Å². The number of ether oxygens (including phenoxy) is 1. The van der Waals surface area contributed by atoms with E-state index in [-0.39, 0.29) is 12.0 Å². The molecule has 0 radical (unpaired) electrons. The molecule has 0 spiro atoms. The summed E-state index contributed by atoms with van der Waals surface area (Å²) in [6, 6.07) is 0. The van der Waals surface area contributed by atoms with Crippen LogP contribution in [-0.2, 0) is 9.53 Å². The maximum absolute atomic E-state index is 12.1. The second-order valence-electron chi connectivity index (χ2n) is 8.10. The number of hydrogen-bond acceptors (Lipinski definition) is 3. The molecular formula is C18H32N2O3. The molecule has 2 saturated heterocycles. The SMILES string of the molecule is CC(=O)N1CCC(CC2CCN(C(=O)OC(C)(C)C)CC2)CC1. The van der Waals surface area contributed by atoms with Crippen molar-refractivity contribution < 1.29 is 14.3 Å². The molecule has 2 rings (SSSR count). The molecule has 2 aliphatic heterocycles. The Morgan fingerprint density at radius 1 is 0.913 bits per heavy atom. The number of rotatable bonds is 2. The molecule has 0 aromatic rings. The van der Waals surface area contributed by atoms with Crippen LogP contribution in [0.1, 0.15) is 59.8 Å². The van der Waals surface area contributed by atoms with Gasteiger partial charge in [-0.2, -0.15) is 0 Å². The van der Waals surface area contributed by atoms with Crippen LogP contribution in [0.5, 0.6) is 0 Å². The molecule has 132 valence electrons. The Kier molecular flexibility index (Phi) is 5.93. The minimum Gasteiger partial charge on any atom is -0.444 e. The number of likely N-dealkylation sites (tertiary alicyclic amines) is 2. The van der Waals surface area contributed by atoms with Gasteiger partial charge in [0, 0.05) is 33.1 Å². The van der Waals surface area contributed by atoms with Gasteiger partial charge in [-0.05, 0) is 64.7 Å². The zero-order valence-corrected chi connectivity index (χ0v) is 15.1. The highest BCUT2D eigenvalue weighted by molar-refractivity contribution is 5.73. The Balaban J connectivity index is 1.69. The second kappa shape index (κ2) is 7.54. The van der Waals surface area contributed by atoms with Crippen molar-refractivity contribution in [3.05, 3.63) is 0 Å². The highest BCUT2D eigenvalue weighted by atomic mass is 16.6. The van der Waals surface area contributed by atoms with Gasteiger partial charge in [-0.25, -0.2) is 4.79 Å². The fourth-order valence-corrected chi connectivity index (χ4v) is 3.63. The smallest absolute Gasteiger partial charge is 0.410 e. The molecule has 2 amide bonds. The first-order chi connectivity index (χ1) is 10.7. The summed E-state index contributed by atoms with van der Waals surface area (Å²) >= 11 is 0. The standard InChI is InChI=1S/C18H32N2O3/c1-14(21)19-9-5-15(6-10-19)13-16-7-11-20(12-8-16)17(22)23-18(2,3)4/h15-16H,5-13H2,1-4H3. The molecule has 2 aliphatic rings. The average molecular weight is 324 g/mol. The summed E-state index contributed by atoms with van der Waals surface area (Å²) in [6.45, 7) is 10.8. The topological polar surface area (TPSA) is 49.9 Å². The second-order valence-corrected chi connectivity index (χ2v) is 8.10. The van der Waals surface area contributed by atoms with Crippen molar-refractivity contribution in [1.29, 1.82) is 0 Å². The van der Waals surface area contributed by atoms with Gasteiger partial charge < -0.3 is 14.5 Å². The monoisotopic (exact) mass is 324 g/mol. The molecular weight excluding hydrogens is 292 g/mol. The Morgan fingerprint density at radius 3 is 1.74 bits per heavy atom. The van der Waals surface area contributed by atoms with Crippen molar-refractivity contribution in [2.45, 2.75) is 65.4 Å². The summed E-state index contributed by atoms with van der Waals surface area (Å²) in [5.41, 5.74) is -0.418. The van der Waals surface area contributed by atoms with Crippen LogP contribution >= 0.6 is 0 Å². The number of piperidine rings is 2. The van der Waals surface area contributed by atoms with Crippen molar-refractivity contribution in [3.8, 4) is 0 Å². The third-order valence-electron chi connectivity index (χ3n) is 4.99. The van der Waals surface area contributed by atoms with E-state index in [1.165, 1.54) is 6.42 Å². The molecule has 2 heterocycles. The van der Waals surface area contributed by atoms with Crippen molar-refractivity contribution >= 4 is 12.0 Å². The summed E-state index contributed by atoms with van der Waals surface area (Å²) in [5.74, 6) is 1.65. The summed E-state index contributed by atoms with van der Waals surface area (Å²) in [7, 11) is 0. The van der Waals surface area contributed by atoms with Crippen molar-refractivity contribution in [2.75, 3.05) is 26.2 Å². The lowest BCUT2D eigenvalue weighted by Crippen LogP contribution is -2.42. The Bertz CT molecular complexity index is 414. The lowest BCUT2D eigenvalue weighted by molar-refractivity contribution is -0.130. The minimum absolute atomic E-state index is 0.175. The fraction of sp³-hybridized carbons (Fsp3) is 0.889. The summed E-state index contributed by atoms with van der Waals surface area (Å²) < 4.78 is 5.45. The highest BCUT2D eigenvalue weighted by Gasteiger charge is 2.29. The van der Waals surface area contributed by atoms with Gasteiger partial charge in [-0.1, -0.05) is 0 Å². The van der Waals surface area contributed by atoms with E-state index in [0.29, 0.717) is 5.92 Å². The Labute approximate surface area is 140 Å². The van der Waals surface area contributed by atoms with Crippen molar-refractivity contribution in [3.63, 3.8) is 0 Å². The largest absolute Gasteiger partial charge is 0.444 e. The van der Waals surface area contributed by atoms with Gasteiger partial charge in [0.2, 0.25) is 5.91 Å². The lowest BCUT2D eigenvalue weighted by atomic mass is 9.83. The number of nitrogens with zero attached hydrogens (tertiary/aromatic N) is 2. The van der Waals surface area contributed by atoms with Crippen LogP contribution in [0.15, 0.2) is 0 Å². The summed E-state index contributed by atoms with van der Waals surface area (Å²) in [4.78, 5) is 27.3. The molecule has 0 atom stereocenters. The van der Waals surface area contributed by atoms with Gasteiger partial charge >= 0.3 is 6.09 Å². The first-order valence-electron chi connectivity index (χ1n) is 8.98. The van der Waals surface area contributed by atoms with Crippen molar-refractivity contribution in [2.24, 2.45) is 11.8 Å². The number of amides is 2. The average Bonchev–Trinajstić information content (AvgIpc) is 2.46.